The van der Waals surface area contributed by atoms with Crippen LogP contribution >= 0.6 is 0 Å². The van der Waals surface area contributed by atoms with Crippen molar-refractivity contribution < 1.29 is 4.74 Å². The predicted molar refractivity (Wildman–Crippen MR) is 85.9 cm³/mol. The summed E-state index contributed by atoms with van der Waals surface area (Å²) in [7, 11) is 1.79. The number of hydrogen-bond donors (Lipinski definition) is 1. The van der Waals surface area contributed by atoms with Crippen LogP contribution in [0.2, 0.25) is 0 Å². The highest BCUT2D eigenvalue weighted by molar-refractivity contribution is 4.97. The van der Waals surface area contributed by atoms with Crippen molar-refractivity contribution in [2.75, 3.05) is 26.8 Å². The molecule has 2 fully saturated rings. The molecule has 2 heteroatoms. The Labute approximate surface area is 126 Å². The van der Waals surface area contributed by atoms with Gasteiger partial charge in [-0.2, -0.15) is 0 Å². The molecular formula is C18H35NO. The summed E-state index contributed by atoms with van der Waals surface area (Å²) >= 11 is 0. The topological polar surface area (TPSA) is 21.3 Å². The maximum atomic E-state index is 5.16. The van der Waals surface area contributed by atoms with Gasteiger partial charge in [0.25, 0.3) is 0 Å². The molecule has 0 aromatic heterocycles. The third-order valence-electron chi connectivity index (χ3n) is 6.14. The van der Waals surface area contributed by atoms with Crippen LogP contribution in [0.3, 0.4) is 0 Å². The van der Waals surface area contributed by atoms with E-state index in [1.165, 1.54) is 51.5 Å². The van der Waals surface area contributed by atoms with Crippen LogP contribution in [0.4, 0.5) is 0 Å². The maximum Gasteiger partial charge on any atom is 0.0587 e. The molecule has 2 rings (SSSR count). The summed E-state index contributed by atoms with van der Waals surface area (Å²) in [5.74, 6) is 1.92. The lowest BCUT2D eigenvalue weighted by Crippen LogP contribution is -2.47. The molecule has 2 saturated carbocycles. The van der Waals surface area contributed by atoms with Gasteiger partial charge in [0.15, 0.2) is 0 Å². The first-order valence-corrected chi connectivity index (χ1v) is 8.68. The normalized spacial score (nSPS) is 32.1. The number of nitrogens with one attached hydrogen (secondary N) is 1. The minimum Gasteiger partial charge on any atom is -0.383 e. The fourth-order valence-electron chi connectivity index (χ4n) is 4.32. The number of hydrogen-bond acceptors (Lipinski definition) is 2. The summed E-state index contributed by atoms with van der Waals surface area (Å²) < 4.78 is 5.16. The summed E-state index contributed by atoms with van der Waals surface area (Å²) in [6.45, 7) is 10.3. The molecule has 1 N–H and O–H groups in total. The Kier molecular flexibility index (Phi) is 5.53. The van der Waals surface area contributed by atoms with E-state index in [1.54, 1.807) is 7.11 Å². The Morgan fingerprint density at radius 3 is 2.20 bits per heavy atom. The van der Waals surface area contributed by atoms with Gasteiger partial charge < -0.3 is 10.1 Å². The molecule has 0 unspecified atom stereocenters. The Bertz CT molecular complexity index is 282. The van der Waals surface area contributed by atoms with E-state index in [9.17, 15) is 0 Å². The van der Waals surface area contributed by atoms with Crippen molar-refractivity contribution in [1.29, 1.82) is 0 Å². The predicted octanol–water partition coefficient (Wildman–Crippen LogP) is 4.25. The molecule has 0 spiro atoms. The van der Waals surface area contributed by atoms with Gasteiger partial charge in [0.1, 0.15) is 0 Å². The molecule has 2 aliphatic carbocycles. The SMILES string of the molecule is COCCNCC1(C2CCC2)CCC(C(C)(C)C)CC1. The smallest absolute Gasteiger partial charge is 0.0587 e. The third-order valence-corrected chi connectivity index (χ3v) is 6.14. The zero-order chi connectivity index (χ0) is 14.6. The van der Waals surface area contributed by atoms with Gasteiger partial charge in [-0.3, -0.25) is 0 Å². The summed E-state index contributed by atoms with van der Waals surface area (Å²) in [6, 6.07) is 0. The fourth-order valence-corrected chi connectivity index (χ4v) is 4.32. The second-order valence-corrected chi connectivity index (χ2v) is 8.30. The van der Waals surface area contributed by atoms with Gasteiger partial charge in [0.2, 0.25) is 0 Å². The Balaban J connectivity index is 1.89. The molecule has 0 amide bonds. The minimum atomic E-state index is 0.495. The van der Waals surface area contributed by atoms with Crippen LogP contribution in [-0.4, -0.2) is 26.8 Å². The highest BCUT2D eigenvalue weighted by Gasteiger charge is 2.45. The van der Waals surface area contributed by atoms with Crippen molar-refractivity contribution in [3.05, 3.63) is 0 Å². The zero-order valence-corrected chi connectivity index (χ0v) is 14.1. The standard InChI is InChI=1S/C18H35NO/c1-17(2,3)15-8-10-18(11-9-15,16-6-5-7-16)14-19-12-13-20-4/h15-16,19H,5-14H2,1-4H3. The van der Waals surface area contributed by atoms with Gasteiger partial charge >= 0.3 is 0 Å². The van der Waals surface area contributed by atoms with E-state index in [1.807, 2.05) is 0 Å². The third kappa shape index (κ3) is 3.76. The second-order valence-electron chi connectivity index (χ2n) is 8.30. The van der Waals surface area contributed by atoms with E-state index in [2.05, 4.69) is 26.1 Å². The zero-order valence-electron chi connectivity index (χ0n) is 14.1. The monoisotopic (exact) mass is 281 g/mol. The molecule has 20 heavy (non-hydrogen) atoms. The van der Waals surface area contributed by atoms with E-state index in [4.69, 9.17) is 4.74 Å². The Morgan fingerprint density at radius 2 is 1.75 bits per heavy atom. The van der Waals surface area contributed by atoms with Crippen LogP contribution in [0, 0.1) is 22.7 Å². The highest BCUT2D eigenvalue weighted by Crippen LogP contribution is 2.53. The lowest BCUT2D eigenvalue weighted by Gasteiger charge is -2.51. The Hall–Kier alpha value is -0.0800. The van der Waals surface area contributed by atoms with Crippen LogP contribution in [-0.2, 0) is 4.74 Å². The van der Waals surface area contributed by atoms with Crippen LogP contribution < -0.4 is 5.32 Å². The first-order valence-electron chi connectivity index (χ1n) is 8.68. The van der Waals surface area contributed by atoms with Gasteiger partial charge in [-0.05, 0) is 61.2 Å². The summed E-state index contributed by atoms with van der Waals surface area (Å²) in [4.78, 5) is 0. The molecule has 118 valence electrons. The molecule has 0 aliphatic heterocycles. The molecule has 0 aromatic rings. The lowest BCUT2D eigenvalue weighted by atomic mass is 9.55. The molecule has 2 nitrogen and oxygen atoms in total. The van der Waals surface area contributed by atoms with Crippen LogP contribution in [0.5, 0.6) is 0 Å². The quantitative estimate of drug-likeness (QED) is 0.735. The first kappa shape index (κ1) is 16.3. The van der Waals surface area contributed by atoms with E-state index >= 15 is 0 Å². The molecule has 0 aromatic carbocycles. The van der Waals surface area contributed by atoms with E-state index < -0.39 is 0 Å². The highest BCUT2D eigenvalue weighted by atomic mass is 16.5. The molecule has 0 atom stereocenters. The van der Waals surface area contributed by atoms with Crippen molar-refractivity contribution in [3.8, 4) is 0 Å². The lowest BCUT2D eigenvalue weighted by molar-refractivity contribution is 0.00380. The van der Waals surface area contributed by atoms with Crippen molar-refractivity contribution >= 4 is 0 Å². The summed E-state index contributed by atoms with van der Waals surface area (Å²) in [5, 5.41) is 3.67. The summed E-state index contributed by atoms with van der Waals surface area (Å²) in [6.07, 6.45) is 10.2. The number of ether oxygens (including phenoxy) is 1. The van der Waals surface area contributed by atoms with Crippen LogP contribution in [0.1, 0.15) is 65.7 Å². The molecule has 0 bridgehead atoms. The number of rotatable bonds is 6. The van der Waals surface area contributed by atoms with Crippen molar-refractivity contribution in [2.45, 2.75) is 65.7 Å². The molecule has 0 radical (unpaired) electrons. The van der Waals surface area contributed by atoms with E-state index in [-0.39, 0.29) is 0 Å². The largest absolute Gasteiger partial charge is 0.383 e. The van der Waals surface area contributed by atoms with Gasteiger partial charge in [-0.1, -0.05) is 27.2 Å². The van der Waals surface area contributed by atoms with Crippen molar-refractivity contribution in [1.82, 2.24) is 5.32 Å². The van der Waals surface area contributed by atoms with Crippen molar-refractivity contribution in [2.24, 2.45) is 22.7 Å². The van der Waals surface area contributed by atoms with Gasteiger partial charge in [-0.15, -0.1) is 0 Å². The van der Waals surface area contributed by atoms with Gasteiger partial charge in [0, 0.05) is 20.2 Å². The first-order chi connectivity index (χ1) is 9.48. The molecular weight excluding hydrogens is 246 g/mol. The maximum absolute atomic E-state index is 5.16. The second kappa shape index (κ2) is 6.79. The molecule has 0 saturated heterocycles. The minimum absolute atomic E-state index is 0.495. The molecule has 2 aliphatic rings. The number of methoxy groups -OCH3 is 1. The average molecular weight is 281 g/mol. The van der Waals surface area contributed by atoms with Gasteiger partial charge in [0.05, 0.1) is 6.61 Å². The van der Waals surface area contributed by atoms with Crippen LogP contribution in [0.15, 0.2) is 0 Å². The Morgan fingerprint density at radius 1 is 1.10 bits per heavy atom. The van der Waals surface area contributed by atoms with E-state index in [0.29, 0.717) is 10.8 Å². The van der Waals surface area contributed by atoms with E-state index in [0.717, 1.165) is 25.0 Å². The van der Waals surface area contributed by atoms with Crippen LogP contribution in [0.25, 0.3) is 0 Å². The van der Waals surface area contributed by atoms with Crippen molar-refractivity contribution in [3.63, 3.8) is 0 Å². The summed E-state index contributed by atoms with van der Waals surface area (Å²) in [5.41, 5.74) is 1.10. The fraction of sp³-hybridized carbons (Fsp3) is 1.00. The molecule has 0 heterocycles. The van der Waals surface area contributed by atoms with Gasteiger partial charge in [-0.25, -0.2) is 0 Å². The average Bonchev–Trinajstić information content (AvgIpc) is 2.32.